The summed E-state index contributed by atoms with van der Waals surface area (Å²) in [6.45, 7) is 3.91. The van der Waals surface area contributed by atoms with E-state index in [9.17, 15) is 14.4 Å². The van der Waals surface area contributed by atoms with Crippen molar-refractivity contribution >= 4 is 17.8 Å². The van der Waals surface area contributed by atoms with Crippen molar-refractivity contribution < 1.29 is 24.2 Å². The molecule has 0 aliphatic rings. The highest BCUT2D eigenvalue weighted by Crippen LogP contribution is 2.26. The molecule has 2 N–H and O–H groups in total. The van der Waals surface area contributed by atoms with Crippen molar-refractivity contribution in [2.75, 3.05) is 6.61 Å². The van der Waals surface area contributed by atoms with E-state index in [2.05, 4.69) is 5.32 Å². The van der Waals surface area contributed by atoms with Gasteiger partial charge in [-0.3, -0.25) is 14.4 Å². The van der Waals surface area contributed by atoms with E-state index in [1.165, 1.54) is 0 Å². The summed E-state index contributed by atoms with van der Waals surface area (Å²) in [6, 6.07) is 17.6. The highest BCUT2D eigenvalue weighted by atomic mass is 16.5. The van der Waals surface area contributed by atoms with Gasteiger partial charge in [-0.1, -0.05) is 61.5 Å². The molecule has 0 aliphatic carbocycles. The molecule has 0 radical (unpaired) electrons. The van der Waals surface area contributed by atoms with Crippen LogP contribution in [0.15, 0.2) is 54.6 Å². The Labute approximate surface area is 177 Å². The number of benzene rings is 2. The minimum Gasteiger partial charge on any atom is -0.481 e. The molecule has 2 aromatic rings. The molecule has 6 heteroatoms. The van der Waals surface area contributed by atoms with E-state index in [1.807, 2.05) is 54.6 Å². The van der Waals surface area contributed by atoms with Gasteiger partial charge in [0.1, 0.15) is 0 Å². The lowest BCUT2D eigenvalue weighted by Crippen LogP contribution is -2.29. The van der Waals surface area contributed by atoms with Crippen LogP contribution in [0.25, 0.3) is 11.1 Å². The van der Waals surface area contributed by atoms with E-state index in [0.717, 1.165) is 16.7 Å². The second-order valence-electron chi connectivity index (χ2n) is 7.23. The molecule has 0 bridgehead atoms. The van der Waals surface area contributed by atoms with Gasteiger partial charge in [0.15, 0.2) is 0 Å². The summed E-state index contributed by atoms with van der Waals surface area (Å²) in [7, 11) is 0. The van der Waals surface area contributed by atoms with Gasteiger partial charge in [0, 0.05) is 6.42 Å². The van der Waals surface area contributed by atoms with Crippen molar-refractivity contribution in [3.05, 3.63) is 60.2 Å². The molecule has 0 saturated carbocycles. The van der Waals surface area contributed by atoms with Gasteiger partial charge in [0.2, 0.25) is 5.91 Å². The zero-order chi connectivity index (χ0) is 21.9. The van der Waals surface area contributed by atoms with Crippen LogP contribution in [0.5, 0.6) is 0 Å². The lowest BCUT2D eigenvalue weighted by Gasteiger charge is -2.21. The van der Waals surface area contributed by atoms with Gasteiger partial charge in [0.25, 0.3) is 0 Å². The third kappa shape index (κ3) is 7.35. The molecule has 2 atom stereocenters. The number of carboxylic acid groups (broad SMARTS) is 1. The third-order valence-electron chi connectivity index (χ3n) is 4.90. The first-order valence-electron chi connectivity index (χ1n) is 10.2. The zero-order valence-corrected chi connectivity index (χ0v) is 17.5. The Morgan fingerprint density at radius 3 is 2.17 bits per heavy atom. The van der Waals surface area contributed by atoms with Crippen LogP contribution in [0, 0.1) is 5.92 Å². The van der Waals surface area contributed by atoms with Crippen LogP contribution in [-0.2, 0) is 19.1 Å². The van der Waals surface area contributed by atoms with Crippen LogP contribution < -0.4 is 5.32 Å². The van der Waals surface area contributed by atoms with Gasteiger partial charge in [-0.15, -0.1) is 0 Å². The van der Waals surface area contributed by atoms with E-state index in [1.54, 1.807) is 13.8 Å². The molecule has 0 fully saturated rings. The smallest absolute Gasteiger partial charge is 0.308 e. The fraction of sp³-hybridized carbons (Fsp3) is 0.375. The predicted octanol–water partition coefficient (Wildman–Crippen LogP) is 4.36. The van der Waals surface area contributed by atoms with Crippen molar-refractivity contribution in [1.29, 1.82) is 0 Å². The zero-order valence-electron chi connectivity index (χ0n) is 17.5. The van der Waals surface area contributed by atoms with Crippen LogP contribution in [0.4, 0.5) is 0 Å². The Balaban J connectivity index is 2.12. The fourth-order valence-corrected chi connectivity index (χ4v) is 3.17. The number of carbonyl (C=O) groups is 3. The maximum absolute atomic E-state index is 12.2. The van der Waals surface area contributed by atoms with Crippen molar-refractivity contribution in [3.8, 4) is 11.1 Å². The molecule has 0 heterocycles. The highest BCUT2D eigenvalue weighted by molar-refractivity contribution is 5.81. The summed E-state index contributed by atoms with van der Waals surface area (Å²) >= 11 is 0. The van der Waals surface area contributed by atoms with Crippen LogP contribution in [0.2, 0.25) is 0 Å². The van der Waals surface area contributed by atoms with Gasteiger partial charge >= 0.3 is 11.9 Å². The van der Waals surface area contributed by atoms with E-state index in [-0.39, 0.29) is 36.7 Å². The number of nitrogens with one attached hydrogen (secondary N) is 1. The second-order valence-corrected chi connectivity index (χ2v) is 7.23. The molecule has 1 amide bonds. The highest BCUT2D eigenvalue weighted by Gasteiger charge is 2.20. The van der Waals surface area contributed by atoms with Crippen LogP contribution in [0.1, 0.15) is 51.1 Å². The minimum atomic E-state index is -1.01. The fourth-order valence-electron chi connectivity index (χ4n) is 3.17. The van der Waals surface area contributed by atoms with E-state index in [0.29, 0.717) is 19.4 Å². The van der Waals surface area contributed by atoms with E-state index < -0.39 is 5.97 Å². The molecule has 30 heavy (non-hydrogen) atoms. The van der Waals surface area contributed by atoms with Crippen LogP contribution >= 0.6 is 0 Å². The first-order valence-corrected chi connectivity index (χ1v) is 10.2. The SMILES string of the molecule is CCOC(=O)C(C)CCC(NC(=O)CCC(=O)O)c1ccc(-c2ccccc2)cc1. The Morgan fingerprint density at radius 1 is 0.933 bits per heavy atom. The number of esters is 1. The topological polar surface area (TPSA) is 92.7 Å². The molecular formula is C24H29NO5. The van der Waals surface area contributed by atoms with E-state index in [4.69, 9.17) is 9.84 Å². The second kappa shape index (κ2) is 11.8. The molecular weight excluding hydrogens is 382 g/mol. The number of aliphatic carboxylic acids is 1. The summed E-state index contributed by atoms with van der Waals surface area (Å²) in [5.41, 5.74) is 3.08. The molecule has 2 unspecified atom stereocenters. The Hall–Kier alpha value is -3.15. The van der Waals surface area contributed by atoms with Crippen LogP contribution in [0.3, 0.4) is 0 Å². The molecule has 0 aliphatic heterocycles. The number of carbonyl (C=O) groups excluding carboxylic acids is 2. The van der Waals surface area contributed by atoms with Gasteiger partial charge in [0.05, 0.1) is 25.0 Å². The van der Waals surface area contributed by atoms with Gasteiger partial charge < -0.3 is 15.2 Å². The van der Waals surface area contributed by atoms with Crippen LogP contribution in [-0.4, -0.2) is 29.6 Å². The number of ether oxygens (including phenoxy) is 1. The molecule has 0 aromatic heterocycles. The maximum atomic E-state index is 12.2. The Bertz CT molecular complexity index is 832. The molecule has 6 nitrogen and oxygen atoms in total. The molecule has 2 aromatic carbocycles. The normalized spacial score (nSPS) is 12.6. The maximum Gasteiger partial charge on any atom is 0.308 e. The molecule has 2 rings (SSSR count). The molecule has 160 valence electrons. The summed E-state index contributed by atoms with van der Waals surface area (Å²) in [4.78, 5) is 34.9. The Morgan fingerprint density at radius 2 is 1.57 bits per heavy atom. The van der Waals surface area contributed by atoms with Gasteiger partial charge in [-0.05, 0) is 36.5 Å². The standard InChI is InChI=1S/C24H29NO5/c1-3-30-24(29)17(2)9-14-21(25-22(26)15-16-23(27)28)20-12-10-19(11-13-20)18-7-5-4-6-8-18/h4-8,10-13,17,21H,3,9,14-16H2,1-2H3,(H,25,26)(H,27,28). The number of rotatable bonds is 11. The van der Waals surface area contributed by atoms with Crippen molar-refractivity contribution in [3.63, 3.8) is 0 Å². The number of hydrogen-bond donors (Lipinski definition) is 2. The summed E-state index contributed by atoms with van der Waals surface area (Å²) in [5, 5.41) is 11.7. The van der Waals surface area contributed by atoms with Crippen molar-refractivity contribution in [2.45, 2.75) is 45.6 Å². The van der Waals surface area contributed by atoms with Crippen molar-refractivity contribution in [1.82, 2.24) is 5.32 Å². The Kier molecular flexibility index (Phi) is 9.06. The molecule has 0 saturated heterocycles. The largest absolute Gasteiger partial charge is 0.481 e. The first kappa shape index (κ1) is 23.1. The summed E-state index contributed by atoms with van der Waals surface area (Å²) < 4.78 is 5.06. The third-order valence-corrected chi connectivity index (χ3v) is 4.90. The predicted molar refractivity (Wildman–Crippen MR) is 115 cm³/mol. The van der Waals surface area contributed by atoms with Crippen molar-refractivity contribution in [2.24, 2.45) is 5.92 Å². The number of carboxylic acids is 1. The quantitative estimate of drug-likeness (QED) is 0.536. The minimum absolute atomic E-state index is 0.0820. The molecule has 0 spiro atoms. The average molecular weight is 411 g/mol. The lowest BCUT2D eigenvalue weighted by atomic mass is 9.95. The van der Waals surface area contributed by atoms with Gasteiger partial charge in [-0.25, -0.2) is 0 Å². The van der Waals surface area contributed by atoms with E-state index >= 15 is 0 Å². The first-order chi connectivity index (χ1) is 14.4. The summed E-state index contributed by atoms with van der Waals surface area (Å²) in [5.74, 6) is -1.87. The average Bonchev–Trinajstić information content (AvgIpc) is 2.75. The monoisotopic (exact) mass is 411 g/mol. The van der Waals surface area contributed by atoms with Gasteiger partial charge in [-0.2, -0.15) is 0 Å². The number of hydrogen-bond acceptors (Lipinski definition) is 4. The lowest BCUT2D eigenvalue weighted by molar-refractivity contribution is -0.147. The number of amides is 1. The summed E-state index contributed by atoms with van der Waals surface area (Å²) in [6.07, 6.45) is 0.790.